The van der Waals surface area contributed by atoms with E-state index >= 15 is 0 Å². The van der Waals surface area contributed by atoms with E-state index in [2.05, 4.69) is 42.5 Å². The molecule has 3 nitrogen and oxygen atoms in total. The van der Waals surface area contributed by atoms with E-state index in [-0.39, 0.29) is 6.04 Å². The predicted molar refractivity (Wildman–Crippen MR) is 86.5 cm³/mol. The summed E-state index contributed by atoms with van der Waals surface area (Å²) in [6.45, 7) is 1.89. The van der Waals surface area contributed by atoms with Crippen molar-refractivity contribution in [3.8, 4) is 6.07 Å². The van der Waals surface area contributed by atoms with Crippen molar-refractivity contribution in [3.05, 3.63) is 59.9 Å². The Balaban J connectivity index is 2.09. The third-order valence-corrected chi connectivity index (χ3v) is 3.54. The molecule has 0 amide bonds. The highest BCUT2D eigenvalue weighted by atomic mass is 15.1. The maximum Gasteiger partial charge on any atom is 0.169 e. The fraction of sp³-hybridized carbons (Fsp3) is 0.222. The molecular weight excluding hydrogens is 258 g/mol. The molecule has 0 radical (unpaired) electrons. The minimum atomic E-state index is -0.128. The van der Waals surface area contributed by atoms with Crippen molar-refractivity contribution in [2.75, 3.05) is 11.9 Å². The minimum absolute atomic E-state index is 0.128. The Kier molecular flexibility index (Phi) is 4.73. The smallest absolute Gasteiger partial charge is 0.169 e. The minimum Gasteiger partial charge on any atom is -0.359 e. The van der Waals surface area contributed by atoms with Gasteiger partial charge in [-0.15, -0.1) is 0 Å². The fourth-order valence-corrected chi connectivity index (χ4v) is 1.95. The van der Waals surface area contributed by atoms with E-state index in [1.54, 1.807) is 0 Å². The van der Waals surface area contributed by atoms with Gasteiger partial charge in [-0.2, -0.15) is 5.26 Å². The third kappa shape index (κ3) is 3.93. The van der Waals surface area contributed by atoms with Crippen LogP contribution in [0, 0.1) is 11.3 Å². The van der Waals surface area contributed by atoms with Crippen molar-refractivity contribution < 1.29 is 4.57 Å². The number of nitrogens with zero attached hydrogens (tertiary/aromatic N) is 3. The molecule has 1 aromatic heterocycles. The molecule has 3 heteroatoms. The van der Waals surface area contributed by atoms with Gasteiger partial charge in [0.1, 0.15) is 13.1 Å². The van der Waals surface area contributed by atoms with E-state index in [9.17, 15) is 0 Å². The van der Waals surface area contributed by atoms with E-state index in [1.165, 1.54) is 5.56 Å². The topological polar surface area (TPSA) is 30.9 Å². The molecule has 0 saturated heterocycles. The molecule has 106 valence electrons. The third-order valence-electron chi connectivity index (χ3n) is 3.54. The standard InChI is InChI=1S/C18H20N3/c1-15(14-19)21(3)18-8-6-16(7-9-18)4-5-17-10-12-20(2)13-11-17/h4-13,15H,1-3H3/q+1. The molecule has 2 aromatic rings. The summed E-state index contributed by atoms with van der Waals surface area (Å²) in [6.07, 6.45) is 8.24. The summed E-state index contributed by atoms with van der Waals surface area (Å²) in [7, 11) is 3.94. The average Bonchev–Trinajstić information content (AvgIpc) is 2.53. The Hall–Kier alpha value is -2.60. The summed E-state index contributed by atoms with van der Waals surface area (Å²) >= 11 is 0. The van der Waals surface area contributed by atoms with Crippen LogP contribution in [0.15, 0.2) is 48.8 Å². The first-order valence-corrected chi connectivity index (χ1v) is 6.96. The number of benzene rings is 1. The highest BCUT2D eigenvalue weighted by molar-refractivity contribution is 5.70. The van der Waals surface area contributed by atoms with Crippen LogP contribution < -0.4 is 9.47 Å². The van der Waals surface area contributed by atoms with E-state index < -0.39 is 0 Å². The van der Waals surface area contributed by atoms with Crippen LogP contribution in [0.5, 0.6) is 0 Å². The van der Waals surface area contributed by atoms with Crippen molar-refractivity contribution in [1.82, 2.24) is 0 Å². The lowest BCUT2D eigenvalue weighted by molar-refractivity contribution is -0.671. The van der Waals surface area contributed by atoms with Crippen molar-refractivity contribution in [1.29, 1.82) is 5.26 Å². The highest BCUT2D eigenvalue weighted by Crippen LogP contribution is 2.17. The Morgan fingerprint density at radius 1 is 1.05 bits per heavy atom. The van der Waals surface area contributed by atoms with Crippen LogP contribution >= 0.6 is 0 Å². The lowest BCUT2D eigenvalue weighted by atomic mass is 10.1. The SMILES string of the molecule is CC(C#N)N(C)c1ccc(C=Cc2cc[n+](C)cc2)cc1. The molecule has 21 heavy (non-hydrogen) atoms. The van der Waals surface area contributed by atoms with Gasteiger partial charge in [-0.25, -0.2) is 4.57 Å². The summed E-state index contributed by atoms with van der Waals surface area (Å²) in [5, 5.41) is 8.95. The zero-order chi connectivity index (χ0) is 15.2. The first-order chi connectivity index (χ1) is 10.1. The van der Waals surface area contributed by atoms with E-state index in [0.29, 0.717) is 0 Å². The van der Waals surface area contributed by atoms with Crippen molar-refractivity contribution in [3.63, 3.8) is 0 Å². The van der Waals surface area contributed by atoms with Crippen LogP contribution in [0.1, 0.15) is 18.1 Å². The van der Waals surface area contributed by atoms with Crippen LogP contribution in [0.3, 0.4) is 0 Å². The highest BCUT2D eigenvalue weighted by Gasteiger charge is 2.07. The lowest BCUT2D eigenvalue weighted by Gasteiger charge is -2.21. The molecule has 2 rings (SSSR count). The Labute approximate surface area is 126 Å². The largest absolute Gasteiger partial charge is 0.359 e. The normalized spacial score (nSPS) is 12.1. The molecule has 0 saturated carbocycles. The van der Waals surface area contributed by atoms with Crippen molar-refractivity contribution in [2.45, 2.75) is 13.0 Å². The number of hydrogen-bond donors (Lipinski definition) is 0. The molecule has 0 spiro atoms. The van der Waals surface area contributed by atoms with Crippen LogP contribution in [0.2, 0.25) is 0 Å². The molecule has 0 N–H and O–H groups in total. The molecule has 1 heterocycles. The van der Waals surface area contributed by atoms with E-state index in [1.807, 2.05) is 55.0 Å². The number of pyridine rings is 1. The monoisotopic (exact) mass is 278 g/mol. The quantitative estimate of drug-likeness (QED) is 0.805. The predicted octanol–water partition coefficient (Wildman–Crippen LogP) is 3.03. The molecule has 0 aliphatic heterocycles. The molecule has 0 aliphatic rings. The first kappa shape index (κ1) is 14.8. The van der Waals surface area contributed by atoms with Gasteiger partial charge in [-0.1, -0.05) is 24.3 Å². The molecule has 1 aromatic carbocycles. The van der Waals surface area contributed by atoms with E-state index in [4.69, 9.17) is 5.26 Å². The summed E-state index contributed by atoms with van der Waals surface area (Å²) in [5.74, 6) is 0. The number of aryl methyl sites for hydroxylation is 1. The first-order valence-electron chi connectivity index (χ1n) is 6.96. The Bertz CT molecular complexity index is 648. The number of nitriles is 1. The zero-order valence-electron chi connectivity index (χ0n) is 12.7. The van der Waals surface area contributed by atoms with E-state index in [0.717, 1.165) is 11.3 Å². The summed E-state index contributed by atoms with van der Waals surface area (Å²) in [4.78, 5) is 1.96. The molecular formula is C18H20N3+. The van der Waals surface area contributed by atoms with Crippen LogP contribution in [-0.2, 0) is 7.05 Å². The van der Waals surface area contributed by atoms with Crippen LogP contribution in [0.4, 0.5) is 5.69 Å². The molecule has 1 unspecified atom stereocenters. The van der Waals surface area contributed by atoms with Gasteiger partial charge in [-0.05, 0) is 30.2 Å². The number of rotatable bonds is 4. The maximum absolute atomic E-state index is 8.95. The maximum atomic E-state index is 8.95. The van der Waals surface area contributed by atoms with Gasteiger partial charge in [-0.3, -0.25) is 0 Å². The number of hydrogen-bond acceptors (Lipinski definition) is 2. The zero-order valence-corrected chi connectivity index (χ0v) is 12.7. The van der Waals surface area contributed by atoms with Gasteiger partial charge >= 0.3 is 0 Å². The van der Waals surface area contributed by atoms with Gasteiger partial charge in [0.25, 0.3) is 0 Å². The average molecular weight is 278 g/mol. The Morgan fingerprint density at radius 3 is 2.10 bits per heavy atom. The molecule has 0 aliphatic carbocycles. The van der Waals surface area contributed by atoms with Gasteiger partial charge < -0.3 is 4.90 Å². The van der Waals surface area contributed by atoms with Crippen LogP contribution in [-0.4, -0.2) is 13.1 Å². The molecule has 0 bridgehead atoms. The van der Waals surface area contributed by atoms with Crippen LogP contribution in [0.25, 0.3) is 12.2 Å². The second-order valence-corrected chi connectivity index (χ2v) is 5.14. The van der Waals surface area contributed by atoms with Gasteiger partial charge in [0.15, 0.2) is 12.4 Å². The summed E-state index contributed by atoms with van der Waals surface area (Å²) in [6, 6.07) is 14.5. The molecule has 1 atom stereocenters. The van der Waals surface area contributed by atoms with Gasteiger partial charge in [0.05, 0.1) is 6.07 Å². The second kappa shape index (κ2) is 6.71. The van der Waals surface area contributed by atoms with Crippen molar-refractivity contribution >= 4 is 17.8 Å². The van der Waals surface area contributed by atoms with Gasteiger partial charge in [0.2, 0.25) is 0 Å². The summed E-state index contributed by atoms with van der Waals surface area (Å²) in [5.41, 5.74) is 3.37. The Morgan fingerprint density at radius 2 is 1.57 bits per heavy atom. The summed E-state index contributed by atoms with van der Waals surface area (Å²) < 4.78 is 2.01. The molecule has 0 fully saturated rings. The van der Waals surface area contributed by atoms with Gasteiger partial charge in [0, 0.05) is 24.9 Å². The van der Waals surface area contributed by atoms with Crippen molar-refractivity contribution in [2.24, 2.45) is 7.05 Å². The lowest BCUT2D eigenvalue weighted by Crippen LogP contribution is -2.26. The number of aromatic nitrogens is 1. The fourth-order valence-electron chi connectivity index (χ4n) is 1.95. The number of anilines is 1. The second-order valence-electron chi connectivity index (χ2n) is 5.14.